The molecular formula is C21H44O4S. The molecule has 0 rings (SSSR count). The highest BCUT2D eigenvalue weighted by Gasteiger charge is 2.25. The lowest BCUT2D eigenvalue weighted by Gasteiger charge is -2.17. The fraction of sp³-hybridized carbons (Fsp3) is 1.00. The summed E-state index contributed by atoms with van der Waals surface area (Å²) in [6.45, 7) is 4.21. The number of aliphatic hydroxyl groups is 1. The number of rotatable bonds is 19. The molecule has 0 spiro atoms. The molecule has 0 aromatic rings. The van der Waals surface area contributed by atoms with Gasteiger partial charge in [0.15, 0.2) is 0 Å². The largest absolute Gasteiger partial charge is 0.393 e. The van der Waals surface area contributed by atoms with Gasteiger partial charge in [-0.2, -0.15) is 8.42 Å². The molecule has 0 radical (unpaired) electrons. The molecule has 0 aromatic heterocycles. The summed E-state index contributed by atoms with van der Waals surface area (Å²) in [7, 11) is -4.05. The van der Waals surface area contributed by atoms with Crippen molar-refractivity contribution in [2.75, 3.05) is 0 Å². The molecule has 0 bridgehead atoms. The van der Waals surface area contributed by atoms with E-state index in [1.807, 2.05) is 6.92 Å². The maximum absolute atomic E-state index is 11.5. The van der Waals surface area contributed by atoms with Gasteiger partial charge >= 0.3 is 0 Å². The molecule has 0 heterocycles. The van der Waals surface area contributed by atoms with Gasteiger partial charge in [0, 0.05) is 0 Å². The van der Waals surface area contributed by atoms with Crippen molar-refractivity contribution in [3.8, 4) is 0 Å². The molecular weight excluding hydrogens is 348 g/mol. The third-order valence-corrected chi connectivity index (χ3v) is 6.48. The highest BCUT2D eigenvalue weighted by atomic mass is 32.2. The molecule has 0 aliphatic carbocycles. The summed E-state index contributed by atoms with van der Waals surface area (Å²) in [6.07, 6.45) is 17.7. The average Bonchev–Trinajstić information content (AvgIpc) is 2.57. The third kappa shape index (κ3) is 16.1. The maximum atomic E-state index is 11.5. The second-order valence-corrected chi connectivity index (χ2v) is 9.54. The molecule has 158 valence electrons. The van der Waals surface area contributed by atoms with Crippen LogP contribution in [-0.4, -0.2) is 29.4 Å². The first kappa shape index (κ1) is 25.9. The molecule has 0 aliphatic heterocycles. The summed E-state index contributed by atoms with van der Waals surface area (Å²) in [6, 6.07) is 0. The minimum absolute atomic E-state index is 0.158. The van der Waals surface area contributed by atoms with Crippen LogP contribution in [0.5, 0.6) is 0 Å². The summed E-state index contributed by atoms with van der Waals surface area (Å²) in [5.41, 5.74) is 0. The van der Waals surface area contributed by atoms with Crippen LogP contribution < -0.4 is 0 Å². The predicted octanol–water partition coefficient (Wildman–Crippen LogP) is 6.28. The van der Waals surface area contributed by atoms with Crippen LogP contribution >= 0.6 is 0 Å². The van der Waals surface area contributed by atoms with Crippen molar-refractivity contribution in [3.05, 3.63) is 0 Å². The molecule has 0 saturated carbocycles. The van der Waals surface area contributed by atoms with Crippen molar-refractivity contribution in [1.29, 1.82) is 0 Å². The zero-order valence-corrected chi connectivity index (χ0v) is 18.1. The highest BCUT2D eigenvalue weighted by molar-refractivity contribution is 7.86. The van der Waals surface area contributed by atoms with E-state index >= 15 is 0 Å². The molecule has 26 heavy (non-hydrogen) atoms. The lowest BCUT2D eigenvalue weighted by atomic mass is 10.0. The van der Waals surface area contributed by atoms with Crippen LogP contribution in [0, 0.1) is 0 Å². The maximum Gasteiger partial charge on any atom is 0.267 e. The summed E-state index contributed by atoms with van der Waals surface area (Å²) in [4.78, 5) is 0. The minimum atomic E-state index is -4.05. The van der Waals surface area contributed by atoms with Crippen LogP contribution in [0.2, 0.25) is 0 Å². The van der Waals surface area contributed by atoms with Gasteiger partial charge in [0.1, 0.15) is 0 Å². The van der Waals surface area contributed by atoms with Gasteiger partial charge in [-0.15, -0.1) is 0 Å². The topological polar surface area (TPSA) is 74.6 Å². The minimum Gasteiger partial charge on any atom is -0.393 e. The third-order valence-electron chi connectivity index (χ3n) is 5.21. The number of hydrogen-bond acceptors (Lipinski definition) is 3. The summed E-state index contributed by atoms with van der Waals surface area (Å²) in [5.74, 6) is 0. The second-order valence-electron chi connectivity index (χ2n) is 7.85. The Balaban J connectivity index is 3.61. The molecule has 0 saturated heterocycles. The van der Waals surface area contributed by atoms with Crippen molar-refractivity contribution < 1.29 is 18.1 Å². The molecule has 2 N–H and O–H groups in total. The van der Waals surface area contributed by atoms with Crippen LogP contribution in [0.4, 0.5) is 0 Å². The van der Waals surface area contributed by atoms with Gasteiger partial charge in [-0.3, -0.25) is 4.55 Å². The molecule has 0 amide bonds. The lowest BCUT2D eigenvalue weighted by Crippen LogP contribution is -2.26. The quantitative estimate of drug-likeness (QED) is 0.200. The Kier molecular flexibility index (Phi) is 16.9. The van der Waals surface area contributed by atoms with Crippen molar-refractivity contribution in [1.82, 2.24) is 0 Å². The van der Waals surface area contributed by atoms with Gasteiger partial charge in [0.05, 0.1) is 11.4 Å². The van der Waals surface area contributed by atoms with E-state index in [0.717, 1.165) is 25.7 Å². The summed E-state index contributed by atoms with van der Waals surface area (Å²) < 4.78 is 32.3. The van der Waals surface area contributed by atoms with Crippen LogP contribution in [0.1, 0.15) is 123 Å². The molecule has 0 aliphatic rings. The fourth-order valence-electron chi connectivity index (χ4n) is 3.53. The molecule has 4 nitrogen and oxygen atoms in total. The Bertz CT molecular complexity index is 395. The van der Waals surface area contributed by atoms with Gasteiger partial charge in [-0.1, -0.05) is 104 Å². The molecule has 0 fully saturated rings. The summed E-state index contributed by atoms with van der Waals surface area (Å²) in [5, 5.41) is 9.00. The first-order valence-electron chi connectivity index (χ1n) is 11.1. The van der Waals surface area contributed by atoms with E-state index in [2.05, 4.69) is 6.92 Å². The van der Waals surface area contributed by atoms with Crippen molar-refractivity contribution in [2.24, 2.45) is 0 Å². The van der Waals surface area contributed by atoms with E-state index in [-0.39, 0.29) is 6.42 Å². The van der Waals surface area contributed by atoms with E-state index < -0.39 is 21.5 Å². The smallest absolute Gasteiger partial charge is 0.267 e. The van der Waals surface area contributed by atoms with Gasteiger partial charge in [0.25, 0.3) is 10.1 Å². The first-order chi connectivity index (χ1) is 12.4. The molecule has 0 aromatic carbocycles. The summed E-state index contributed by atoms with van der Waals surface area (Å²) >= 11 is 0. The van der Waals surface area contributed by atoms with Crippen LogP contribution in [0.3, 0.4) is 0 Å². The average molecular weight is 393 g/mol. The second kappa shape index (κ2) is 17.0. The van der Waals surface area contributed by atoms with Crippen LogP contribution in [0.15, 0.2) is 0 Å². The Hall–Kier alpha value is -0.130. The lowest BCUT2D eigenvalue weighted by molar-refractivity contribution is 0.149. The van der Waals surface area contributed by atoms with Crippen LogP contribution in [-0.2, 0) is 10.1 Å². The normalized spacial score (nSPS) is 14.5. The monoisotopic (exact) mass is 392 g/mol. The standard InChI is InChI=1S/C21H44O4S/c1-3-5-6-7-8-9-10-11-12-13-14-15-16-18-21(26(23,24)25)19-20(22)17-4-2/h20-22H,3-19H2,1-2H3,(H,23,24,25). The Morgan fingerprint density at radius 2 is 1.08 bits per heavy atom. The number of aliphatic hydroxyl groups excluding tert-OH is 1. The van der Waals surface area contributed by atoms with Gasteiger partial charge in [-0.05, 0) is 19.3 Å². The zero-order chi connectivity index (χ0) is 19.7. The zero-order valence-electron chi connectivity index (χ0n) is 17.3. The number of unbranched alkanes of at least 4 members (excludes halogenated alkanes) is 12. The predicted molar refractivity (Wildman–Crippen MR) is 111 cm³/mol. The van der Waals surface area contributed by atoms with Gasteiger partial charge in [-0.25, -0.2) is 0 Å². The van der Waals surface area contributed by atoms with Crippen LogP contribution in [0.25, 0.3) is 0 Å². The Morgan fingerprint density at radius 1 is 0.654 bits per heavy atom. The van der Waals surface area contributed by atoms with Gasteiger partial charge < -0.3 is 5.11 Å². The number of hydrogen-bond donors (Lipinski definition) is 2. The van der Waals surface area contributed by atoms with Crippen molar-refractivity contribution in [3.63, 3.8) is 0 Å². The van der Waals surface area contributed by atoms with E-state index in [0.29, 0.717) is 12.8 Å². The first-order valence-corrected chi connectivity index (χ1v) is 12.6. The van der Waals surface area contributed by atoms with Crippen molar-refractivity contribution >= 4 is 10.1 Å². The van der Waals surface area contributed by atoms with E-state index in [1.54, 1.807) is 0 Å². The highest BCUT2D eigenvalue weighted by Crippen LogP contribution is 2.19. The van der Waals surface area contributed by atoms with E-state index in [1.165, 1.54) is 64.2 Å². The molecule has 2 unspecified atom stereocenters. The van der Waals surface area contributed by atoms with Gasteiger partial charge in [0.2, 0.25) is 0 Å². The Labute approximate surface area is 162 Å². The van der Waals surface area contributed by atoms with E-state index in [4.69, 9.17) is 0 Å². The van der Waals surface area contributed by atoms with Crippen molar-refractivity contribution in [2.45, 2.75) is 134 Å². The Morgan fingerprint density at radius 3 is 1.46 bits per heavy atom. The SMILES string of the molecule is CCCCCCCCCCCCCCCC(CC(O)CCC)S(=O)(=O)O. The molecule has 2 atom stereocenters. The fourth-order valence-corrected chi connectivity index (χ4v) is 4.46. The van der Waals surface area contributed by atoms with E-state index in [9.17, 15) is 18.1 Å². The molecule has 5 heteroatoms.